The Kier molecular flexibility index (Phi) is 5.93. The highest BCUT2D eigenvalue weighted by molar-refractivity contribution is 9.10. The summed E-state index contributed by atoms with van der Waals surface area (Å²) in [5.41, 5.74) is 0.330. The molecule has 0 bridgehead atoms. The summed E-state index contributed by atoms with van der Waals surface area (Å²) >= 11 is 3.37. The minimum atomic E-state index is -0.725. The molecule has 2 heterocycles. The molecular weight excluding hydrogens is 530 g/mol. The molecule has 1 aliphatic heterocycles. The number of carbonyl (C=O) groups excluding carboxylic acids is 3. The number of hydrogen-bond acceptors (Lipinski definition) is 7. The van der Waals surface area contributed by atoms with E-state index in [1.54, 1.807) is 32.0 Å². The minimum absolute atomic E-state index is 0.00643. The van der Waals surface area contributed by atoms with Crippen LogP contribution in [0.5, 0.6) is 17.2 Å². The standard InChI is InChI=1S/C27H18BrNO7/c1-14(2)29-25(31)17-9-7-15(11-19(17)26(29)32)27(33)35-16-8-10-18-22(12-16)34-13-23(24(18)30)36-21-6-4-3-5-20(21)28/h3-14H,1-2H3. The Bertz CT molecular complexity index is 1620. The van der Waals surface area contributed by atoms with E-state index in [2.05, 4.69) is 15.9 Å². The average molecular weight is 548 g/mol. The summed E-state index contributed by atoms with van der Waals surface area (Å²) in [5.74, 6) is -0.962. The smallest absolute Gasteiger partial charge is 0.343 e. The second-order valence-corrected chi connectivity index (χ2v) is 9.20. The van der Waals surface area contributed by atoms with Crippen molar-refractivity contribution in [3.05, 3.63) is 98.3 Å². The monoisotopic (exact) mass is 547 g/mol. The van der Waals surface area contributed by atoms with Crippen LogP contribution in [0, 0.1) is 0 Å². The lowest BCUT2D eigenvalue weighted by Gasteiger charge is -2.17. The third-order valence-electron chi connectivity index (χ3n) is 5.65. The number of carbonyl (C=O) groups is 3. The van der Waals surface area contributed by atoms with Crippen molar-refractivity contribution in [1.29, 1.82) is 0 Å². The topological polar surface area (TPSA) is 103 Å². The van der Waals surface area contributed by atoms with E-state index in [0.29, 0.717) is 10.2 Å². The fourth-order valence-corrected chi connectivity index (χ4v) is 4.26. The predicted octanol–water partition coefficient (Wildman–Crippen LogP) is 5.57. The fraction of sp³-hybridized carbons (Fsp3) is 0.111. The zero-order valence-corrected chi connectivity index (χ0v) is 20.7. The van der Waals surface area contributed by atoms with Crippen LogP contribution in [0.3, 0.4) is 0 Å². The Balaban J connectivity index is 1.38. The van der Waals surface area contributed by atoms with Gasteiger partial charge < -0.3 is 13.9 Å². The molecule has 5 rings (SSSR count). The van der Waals surface area contributed by atoms with E-state index in [0.717, 1.165) is 4.90 Å². The average Bonchev–Trinajstić information content (AvgIpc) is 3.11. The van der Waals surface area contributed by atoms with Crippen LogP contribution in [0.2, 0.25) is 0 Å². The van der Waals surface area contributed by atoms with Crippen LogP contribution >= 0.6 is 15.9 Å². The normalized spacial score (nSPS) is 12.8. The lowest BCUT2D eigenvalue weighted by atomic mass is 10.1. The number of rotatable bonds is 5. The summed E-state index contributed by atoms with van der Waals surface area (Å²) in [6.07, 6.45) is 1.19. The molecule has 0 atom stereocenters. The number of amides is 2. The molecule has 0 fully saturated rings. The van der Waals surface area contributed by atoms with E-state index in [1.165, 1.54) is 42.7 Å². The molecular formula is C27H18BrNO7. The van der Waals surface area contributed by atoms with E-state index < -0.39 is 17.8 Å². The Morgan fingerprint density at radius 1 is 0.917 bits per heavy atom. The number of hydrogen-bond donors (Lipinski definition) is 0. The first-order valence-corrected chi connectivity index (χ1v) is 11.8. The third-order valence-corrected chi connectivity index (χ3v) is 6.31. The van der Waals surface area contributed by atoms with Gasteiger partial charge in [-0.2, -0.15) is 0 Å². The maximum atomic E-state index is 12.9. The van der Waals surface area contributed by atoms with Crippen LogP contribution in [0.15, 0.2) is 80.6 Å². The number of halogens is 1. The Hall–Kier alpha value is -4.24. The highest BCUT2D eigenvalue weighted by Gasteiger charge is 2.37. The maximum absolute atomic E-state index is 12.9. The lowest BCUT2D eigenvalue weighted by molar-refractivity contribution is 0.0608. The van der Waals surface area contributed by atoms with Gasteiger partial charge in [0.25, 0.3) is 11.8 Å². The number of ether oxygens (including phenoxy) is 2. The summed E-state index contributed by atoms with van der Waals surface area (Å²) < 4.78 is 17.4. The molecule has 8 nitrogen and oxygen atoms in total. The highest BCUT2D eigenvalue weighted by atomic mass is 79.9. The molecule has 1 aromatic heterocycles. The summed E-state index contributed by atoms with van der Waals surface area (Å²) in [5, 5.41) is 0.245. The minimum Gasteiger partial charge on any atom is -0.460 e. The Morgan fingerprint density at radius 3 is 2.42 bits per heavy atom. The Labute approximate surface area is 213 Å². The first-order chi connectivity index (χ1) is 17.2. The molecule has 4 aromatic rings. The van der Waals surface area contributed by atoms with Gasteiger partial charge in [0.2, 0.25) is 11.2 Å². The van der Waals surface area contributed by atoms with Crippen molar-refractivity contribution in [2.75, 3.05) is 0 Å². The lowest BCUT2D eigenvalue weighted by Crippen LogP contribution is -2.35. The van der Waals surface area contributed by atoms with Crippen LogP contribution in [-0.4, -0.2) is 28.7 Å². The van der Waals surface area contributed by atoms with E-state index in [1.807, 2.05) is 6.07 Å². The van der Waals surface area contributed by atoms with Gasteiger partial charge in [0.1, 0.15) is 23.3 Å². The van der Waals surface area contributed by atoms with Gasteiger partial charge in [-0.05, 0) is 72.2 Å². The molecule has 2 amide bonds. The summed E-state index contributed by atoms with van der Waals surface area (Å²) in [6, 6.07) is 15.4. The van der Waals surface area contributed by atoms with Gasteiger partial charge in [0.15, 0.2) is 0 Å². The van der Waals surface area contributed by atoms with Gasteiger partial charge in [0, 0.05) is 12.1 Å². The summed E-state index contributed by atoms with van der Waals surface area (Å²) in [6.45, 7) is 3.48. The van der Waals surface area contributed by atoms with Gasteiger partial charge in [-0.15, -0.1) is 0 Å². The van der Waals surface area contributed by atoms with Crippen LogP contribution in [0.4, 0.5) is 0 Å². The van der Waals surface area contributed by atoms with Crippen molar-refractivity contribution >= 4 is 44.7 Å². The van der Waals surface area contributed by atoms with E-state index in [9.17, 15) is 19.2 Å². The number of imide groups is 1. The second-order valence-electron chi connectivity index (χ2n) is 8.34. The van der Waals surface area contributed by atoms with Crippen molar-refractivity contribution in [1.82, 2.24) is 4.90 Å². The summed E-state index contributed by atoms with van der Waals surface area (Å²) in [4.78, 5) is 51.9. The molecule has 180 valence electrons. The van der Waals surface area contributed by atoms with Crippen LogP contribution in [0.25, 0.3) is 11.0 Å². The van der Waals surface area contributed by atoms with Crippen molar-refractivity contribution in [2.45, 2.75) is 19.9 Å². The quantitative estimate of drug-likeness (QED) is 0.183. The SMILES string of the molecule is CC(C)N1C(=O)c2ccc(C(=O)Oc3ccc4c(=O)c(Oc5ccccc5Br)coc4c3)cc2C1=O. The maximum Gasteiger partial charge on any atom is 0.343 e. The molecule has 3 aromatic carbocycles. The molecule has 0 spiro atoms. The number of para-hydroxylation sites is 1. The number of benzene rings is 3. The van der Waals surface area contributed by atoms with Crippen molar-refractivity contribution in [2.24, 2.45) is 0 Å². The molecule has 0 unspecified atom stereocenters. The first kappa shape index (κ1) is 23.5. The van der Waals surface area contributed by atoms with Gasteiger partial charge in [-0.25, -0.2) is 4.79 Å². The van der Waals surface area contributed by atoms with Crippen molar-refractivity contribution in [3.8, 4) is 17.2 Å². The van der Waals surface area contributed by atoms with Crippen molar-refractivity contribution < 1.29 is 28.3 Å². The largest absolute Gasteiger partial charge is 0.460 e. The molecule has 0 N–H and O–H groups in total. The zero-order valence-electron chi connectivity index (χ0n) is 19.1. The third kappa shape index (κ3) is 4.07. The second kappa shape index (κ2) is 9.09. The van der Waals surface area contributed by atoms with Crippen LogP contribution in [-0.2, 0) is 0 Å². The molecule has 0 radical (unpaired) electrons. The van der Waals surface area contributed by atoms with Crippen molar-refractivity contribution in [3.63, 3.8) is 0 Å². The van der Waals surface area contributed by atoms with Crippen LogP contribution < -0.4 is 14.9 Å². The molecule has 1 aliphatic rings. The van der Waals surface area contributed by atoms with Gasteiger partial charge >= 0.3 is 5.97 Å². The molecule has 9 heteroatoms. The zero-order chi connectivity index (χ0) is 25.6. The van der Waals surface area contributed by atoms with E-state index in [4.69, 9.17) is 13.9 Å². The first-order valence-electron chi connectivity index (χ1n) is 11.0. The van der Waals surface area contributed by atoms with Crippen LogP contribution in [0.1, 0.15) is 44.9 Å². The molecule has 0 aliphatic carbocycles. The molecule has 36 heavy (non-hydrogen) atoms. The predicted molar refractivity (Wildman–Crippen MR) is 134 cm³/mol. The number of esters is 1. The summed E-state index contributed by atoms with van der Waals surface area (Å²) in [7, 11) is 0. The highest BCUT2D eigenvalue weighted by Crippen LogP contribution is 2.30. The van der Waals surface area contributed by atoms with Gasteiger partial charge in [-0.1, -0.05) is 12.1 Å². The molecule has 0 saturated carbocycles. The number of nitrogens with zero attached hydrogens (tertiary/aromatic N) is 1. The van der Waals surface area contributed by atoms with Gasteiger partial charge in [0.05, 0.1) is 26.5 Å². The van der Waals surface area contributed by atoms with E-state index >= 15 is 0 Å². The number of fused-ring (bicyclic) bond motifs is 2. The van der Waals surface area contributed by atoms with Gasteiger partial charge in [-0.3, -0.25) is 19.3 Å². The Morgan fingerprint density at radius 2 is 1.67 bits per heavy atom. The molecule has 0 saturated heterocycles. The van der Waals surface area contributed by atoms with E-state index in [-0.39, 0.29) is 50.6 Å². The fourth-order valence-electron chi connectivity index (χ4n) is 3.89.